The molecule has 2 heterocycles. The molecule has 2 atom stereocenters. The van der Waals surface area contributed by atoms with Crippen LogP contribution in [-0.2, 0) is 6.42 Å². The highest BCUT2D eigenvalue weighted by Gasteiger charge is 2.25. The van der Waals surface area contributed by atoms with Crippen LogP contribution in [0.4, 0.5) is 0 Å². The molecule has 1 N–H and O–H groups in total. The minimum absolute atomic E-state index is 0.291. The Kier molecular flexibility index (Phi) is 3.38. The SMILES string of the molecule is CC(O)Cc1csc(C2CCCN2C)n1. The van der Waals surface area contributed by atoms with Crippen molar-refractivity contribution in [1.29, 1.82) is 0 Å². The van der Waals surface area contributed by atoms with Gasteiger partial charge in [0.05, 0.1) is 17.8 Å². The third-order valence-corrected chi connectivity index (χ3v) is 3.87. The summed E-state index contributed by atoms with van der Waals surface area (Å²) < 4.78 is 0. The summed E-state index contributed by atoms with van der Waals surface area (Å²) >= 11 is 1.73. The van der Waals surface area contributed by atoms with Crippen molar-refractivity contribution in [2.75, 3.05) is 13.6 Å². The number of thiazole rings is 1. The molecule has 0 aromatic carbocycles. The molecule has 0 spiro atoms. The topological polar surface area (TPSA) is 36.4 Å². The second-order valence-electron chi connectivity index (χ2n) is 4.37. The van der Waals surface area contributed by atoms with Crippen molar-refractivity contribution in [3.05, 3.63) is 16.1 Å². The molecule has 0 radical (unpaired) electrons. The molecular formula is C11H18N2OS. The highest BCUT2D eigenvalue weighted by Crippen LogP contribution is 2.32. The van der Waals surface area contributed by atoms with Crippen molar-refractivity contribution in [1.82, 2.24) is 9.88 Å². The van der Waals surface area contributed by atoms with E-state index in [9.17, 15) is 5.11 Å². The van der Waals surface area contributed by atoms with E-state index in [-0.39, 0.29) is 6.10 Å². The van der Waals surface area contributed by atoms with E-state index < -0.39 is 0 Å². The van der Waals surface area contributed by atoms with Gasteiger partial charge in [-0.1, -0.05) is 0 Å². The summed E-state index contributed by atoms with van der Waals surface area (Å²) in [5.41, 5.74) is 1.03. The monoisotopic (exact) mass is 226 g/mol. The summed E-state index contributed by atoms with van der Waals surface area (Å²) in [4.78, 5) is 6.97. The number of aliphatic hydroxyl groups is 1. The lowest BCUT2D eigenvalue weighted by Crippen LogP contribution is -2.17. The molecule has 1 aromatic rings. The molecule has 84 valence electrons. The van der Waals surface area contributed by atoms with Crippen LogP contribution in [0.2, 0.25) is 0 Å². The highest BCUT2D eigenvalue weighted by atomic mass is 32.1. The summed E-state index contributed by atoms with van der Waals surface area (Å²) in [6.45, 7) is 2.98. The normalized spacial score (nSPS) is 24.6. The van der Waals surface area contributed by atoms with Gasteiger partial charge in [-0.05, 0) is 33.4 Å². The van der Waals surface area contributed by atoms with Crippen LogP contribution in [0.15, 0.2) is 5.38 Å². The molecule has 0 amide bonds. The number of hydrogen-bond donors (Lipinski definition) is 1. The van der Waals surface area contributed by atoms with Gasteiger partial charge in [-0.15, -0.1) is 11.3 Å². The Morgan fingerprint density at radius 2 is 2.53 bits per heavy atom. The smallest absolute Gasteiger partial charge is 0.110 e. The maximum absolute atomic E-state index is 9.29. The largest absolute Gasteiger partial charge is 0.393 e. The second-order valence-corrected chi connectivity index (χ2v) is 5.26. The van der Waals surface area contributed by atoms with Gasteiger partial charge in [0.2, 0.25) is 0 Å². The van der Waals surface area contributed by atoms with E-state index >= 15 is 0 Å². The standard InChI is InChI=1S/C11H18N2OS/c1-8(14)6-9-7-15-11(12-9)10-4-3-5-13(10)2/h7-8,10,14H,3-6H2,1-2H3. The first-order valence-electron chi connectivity index (χ1n) is 5.49. The molecule has 2 unspecified atom stereocenters. The first-order valence-corrected chi connectivity index (χ1v) is 6.37. The van der Waals surface area contributed by atoms with Crippen LogP contribution in [0.5, 0.6) is 0 Å². The molecule has 0 saturated carbocycles. The Balaban J connectivity index is 2.06. The van der Waals surface area contributed by atoms with Crippen molar-refractivity contribution in [2.24, 2.45) is 0 Å². The van der Waals surface area contributed by atoms with Gasteiger partial charge in [0.15, 0.2) is 0 Å². The Labute approximate surface area is 94.8 Å². The molecule has 1 fully saturated rings. The molecule has 1 aliphatic rings. The van der Waals surface area contributed by atoms with Crippen molar-refractivity contribution < 1.29 is 5.11 Å². The van der Waals surface area contributed by atoms with Gasteiger partial charge in [-0.25, -0.2) is 4.98 Å². The van der Waals surface area contributed by atoms with Gasteiger partial charge in [0.1, 0.15) is 5.01 Å². The maximum atomic E-state index is 9.29. The van der Waals surface area contributed by atoms with Gasteiger partial charge in [-0.2, -0.15) is 0 Å². The van der Waals surface area contributed by atoms with Crippen LogP contribution < -0.4 is 0 Å². The van der Waals surface area contributed by atoms with E-state index in [2.05, 4.69) is 22.3 Å². The Morgan fingerprint density at radius 3 is 3.13 bits per heavy atom. The van der Waals surface area contributed by atoms with E-state index in [0.29, 0.717) is 12.5 Å². The number of likely N-dealkylation sites (tertiary alicyclic amines) is 1. The third-order valence-electron chi connectivity index (χ3n) is 2.88. The molecule has 0 bridgehead atoms. The summed E-state index contributed by atoms with van der Waals surface area (Å²) in [5, 5.41) is 12.6. The second kappa shape index (κ2) is 4.60. The number of hydrogen-bond acceptors (Lipinski definition) is 4. The zero-order chi connectivity index (χ0) is 10.8. The summed E-state index contributed by atoms with van der Waals surface area (Å²) in [7, 11) is 2.16. The van der Waals surface area contributed by atoms with Gasteiger partial charge in [-0.3, -0.25) is 4.90 Å². The van der Waals surface area contributed by atoms with Crippen molar-refractivity contribution in [2.45, 2.75) is 38.3 Å². The van der Waals surface area contributed by atoms with E-state index in [1.54, 1.807) is 18.3 Å². The molecule has 4 heteroatoms. The Hall–Kier alpha value is -0.450. The van der Waals surface area contributed by atoms with E-state index in [1.807, 2.05) is 0 Å². The van der Waals surface area contributed by atoms with Crippen molar-refractivity contribution in [3.63, 3.8) is 0 Å². The molecule has 0 aliphatic carbocycles. The minimum atomic E-state index is -0.291. The first kappa shape index (κ1) is 11.0. The van der Waals surface area contributed by atoms with Gasteiger partial charge in [0.25, 0.3) is 0 Å². The van der Waals surface area contributed by atoms with E-state index in [1.165, 1.54) is 24.4 Å². The molecule has 1 aliphatic heterocycles. The van der Waals surface area contributed by atoms with E-state index in [4.69, 9.17) is 0 Å². The molecule has 3 nitrogen and oxygen atoms in total. The zero-order valence-electron chi connectivity index (χ0n) is 9.31. The van der Waals surface area contributed by atoms with Crippen molar-refractivity contribution in [3.8, 4) is 0 Å². The molecular weight excluding hydrogens is 208 g/mol. The number of aromatic nitrogens is 1. The van der Waals surface area contributed by atoms with Crippen LogP contribution in [0.1, 0.15) is 36.5 Å². The number of rotatable bonds is 3. The van der Waals surface area contributed by atoms with Crippen molar-refractivity contribution >= 4 is 11.3 Å². The quantitative estimate of drug-likeness (QED) is 0.854. The van der Waals surface area contributed by atoms with Crippen LogP contribution in [0.25, 0.3) is 0 Å². The molecule has 1 saturated heterocycles. The predicted molar refractivity (Wildman–Crippen MR) is 62.1 cm³/mol. The number of aliphatic hydroxyl groups excluding tert-OH is 1. The zero-order valence-corrected chi connectivity index (χ0v) is 10.1. The Bertz CT molecular complexity index is 324. The van der Waals surface area contributed by atoms with Gasteiger partial charge in [0, 0.05) is 11.8 Å². The maximum Gasteiger partial charge on any atom is 0.110 e. The number of nitrogens with zero attached hydrogens (tertiary/aromatic N) is 2. The average Bonchev–Trinajstić information content (AvgIpc) is 2.72. The van der Waals surface area contributed by atoms with Crippen LogP contribution in [-0.4, -0.2) is 34.7 Å². The lowest BCUT2D eigenvalue weighted by molar-refractivity contribution is 0.194. The Morgan fingerprint density at radius 1 is 1.73 bits per heavy atom. The van der Waals surface area contributed by atoms with Crippen LogP contribution in [0, 0.1) is 0 Å². The van der Waals surface area contributed by atoms with Crippen LogP contribution in [0.3, 0.4) is 0 Å². The fourth-order valence-electron chi connectivity index (χ4n) is 2.09. The molecule has 15 heavy (non-hydrogen) atoms. The lowest BCUT2D eigenvalue weighted by Gasteiger charge is -2.16. The lowest BCUT2D eigenvalue weighted by atomic mass is 10.2. The summed E-state index contributed by atoms with van der Waals surface area (Å²) in [6.07, 6.45) is 2.87. The molecule has 1 aromatic heterocycles. The summed E-state index contributed by atoms with van der Waals surface area (Å²) in [6, 6.07) is 0.512. The predicted octanol–water partition coefficient (Wildman–Crippen LogP) is 1.83. The fourth-order valence-corrected chi connectivity index (χ4v) is 3.12. The minimum Gasteiger partial charge on any atom is -0.393 e. The average molecular weight is 226 g/mol. The van der Waals surface area contributed by atoms with E-state index in [0.717, 1.165) is 5.69 Å². The first-order chi connectivity index (χ1) is 7.16. The fraction of sp³-hybridized carbons (Fsp3) is 0.727. The highest BCUT2D eigenvalue weighted by molar-refractivity contribution is 7.09. The van der Waals surface area contributed by atoms with Crippen LogP contribution >= 0.6 is 11.3 Å². The summed E-state index contributed by atoms with van der Waals surface area (Å²) in [5.74, 6) is 0. The third kappa shape index (κ3) is 2.56. The molecule has 2 rings (SSSR count). The van der Waals surface area contributed by atoms with Gasteiger partial charge < -0.3 is 5.11 Å². The van der Waals surface area contributed by atoms with Gasteiger partial charge >= 0.3 is 0 Å².